The van der Waals surface area contributed by atoms with Crippen LogP contribution in [0.15, 0.2) is 36.5 Å². The van der Waals surface area contributed by atoms with E-state index in [2.05, 4.69) is 15.6 Å². The van der Waals surface area contributed by atoms with E-state index in [1.807, 2.05) is 24.3 Å². The summed E-state index contributed by atoms with van der Waals surface area (Å²) in [4.78, 5) is 28.7. The first-order valence-corrected chi connectivity index (χ1v) is 8.30. The maximum atomic E-state index is 12.2. The molecule has 1 saturated carbocycles. The van der Waals surface area contributed by atoms with Crippen LogP contribution in [-0.4, -0.2) is 29.9 Å². The van der Waals surface area contributed by atoms with Gasteiger partial charge in [-0.1, -0.05) is 24.6 Å². The largest absolute Gasteiger partial charge is 0.347 e. The number of hydrogen-bond acceptors (Lipinski definition) is 4. The van der Waals surface area contributed by atoms with Gasteiger partial charge in [-0.15, -0.1) is 24.8 Å². The second kappa shape index (κ2) is 10.3. The van der Waals surface area contributed by atoms with Crippen LogP contribution in [0.5, 0.6) is 0 Å². The zero-order valence-corrected chi connectivity index (χ0v) is 15.9. The smallest absolute Gasteiger partial charge is 0.243 e. The van der Waals surface area contributed by atoms with Crippen molar-refractivity contribution in [2.24, 2.45) is 17.6 Å². The maximum absolute atomic E-state index is 12.2. The molecule has 0 saturated heterocycles. The molecule has 0 radical (unpaired) electrons. The quantitative estimate of drug-likeness (QED) is 0.720. The molecule has 1 fully saturated rings. The van der Waals surface area contributed by atoms with Crippen LogP contribution in [0.1, 0.15) is 19.3 Å². The Morgan fingerprint density at radius 1 is 1.15 bits per heavy atom. The molecule has 2 amide bonds. The predicted molar refractivity (Wildman–Crippen MR) is 108 cm³/mol. The fourth-order valence-corrected chi connectivity index (χ4v) is 3.36. The number of carbonyl (C=O) groups is 2. The van der Waals surface area contributed by atoms with Crippen LogP contribution in [0, 0.1) is 11.8 Å². The summed E-state index contributed by atoms with van der Waals surface area (Å²) in [5.74, 6) is -0.171. The Kier molecular flexibility index (Phi) is 8.78. The third-order valence-corrected chi connectivity index (χ3v) is 4.63. The van der Waals surface area contributed by atoms with E-state index in [1.54, 1.807) is 12.3 Å². The average molecular weight is 399 g/mol. The normalized spacial score (nSPS) is 18.5. The first kappa shape index (κ1) is 22.2. The molecule has 1 aliphatic carbocycles. The Bertz CT molecular complexity index is 752. The summed E-state index contributed by atoms with van der Waals surface area (Å²) < 4.78 is 0. The molecule has 26 heavy (non-hydrogen) atoms. The van der Waals surface area contributed by atoms with Crippen molar-refractivity contribution in [3.8, 4) is 0 Å². The van der Waals surface area contributed by atoms with Crippen molar-refractivity contribution in [1.29, 1.82) is 0 Å². The number of para-hydroxylation sites is 1. The van der Waals surface area contributed by atoms with Gasteiger partial charge in [0.25, 0.3) is 0 Å². The molecule has 0 aliphatic heterocycles. The van der Waals surface area contributed by atoms with E-state index < -0.39 is 0 Å². The Labute approximate surface area is 165 Å². The number of amides is 2. The van der Waals surface area contributed by atoms with Crippen molar-refractivity contribution < 1.29 is 9.59 Å². The van der Waals surface area contributed by atoms with Gasteiger partial charge < -0.3 is 16.4 Å². The molecule has 1 aromatic carbocycles. The summed E-state index contributed by atoms with van der Waals surface area (Å²) in [5.41, 5.74) is 7.09. The Balaban J connectivity index is 0.00000169. The fraction of sp³-hybridized carbons (Fsp3) is 0.389. The molecular weight excluding hydrogens is 375 g/mol. The third-order valence-electron chi connectivity index (χ3n) is 4.63. The monoisotopic (exact) mass is 398 g/mol. The van der Waals surface area contributed by atoms with Crippen LogP contribution < -0.4 is 16.4 Å². The van der Waals surface area contributed by atoms with E-state index in [4.69, 9.17) is 5.73 Å². The average Bonchev–Trinajstić information content (AvgIpc) is 3.09. The summed E-state index contributed by atoms with van der Waals surface area (Å²) >= 11 is 0. The van der Waals surface area contributed by atoms with Gasteiger partial charge >= 0.3 is 0 Å². The van der Waals surface area contributed by atoms with Crippen molar-refractivity contribution in [2.45, 2.75) is 19.3 Å². The minimum absolute atomic E-state index is 0. The molecule has 1 aromatic heterocycles. The van der Waals surface area contributed by atoms with Gasteiger partial charge in [0.1, 0.15) is 0 Å². The highest BCUT2D eigenvalue weighted by Crippen LogP contribution is 2.30. The van der Waals surface area contributed by atoms with Gasteiger partial charge in [-0.3, -0.25) is 14.6 Å². The topological polar surface area (TPSA) is 97.1 Å². The van der Waals surface area contributed by atoms with Crippen LogP contribution in [-0.2, 0) is 9.59 Å². The number of fused-ring (bicyclic) bond motifs is 1. The Morgan fingerprint density at radius 3 is 2.69 bits per heavy atom. The number of aromatic nitrogens is 1. The molecule has 2 atom stereocenters. The fourth-order valence-electron chi connectivity index (χ4n) is 3.36. The van der Waals surface area contributed by atoms with E-state index in [0.717, 1.165) is 30.2 Å². The minimum Gasteiger partial charge on any atom is -0.347 e. The zero-order valence-electron chi connectivity index (χ0n) is 14.3. The van der Waals surface area contributed by atoms with E-state index >= 15 is 0 Å². The minimum atomic E-state index is -0.260. The number of nitrogens with two attached hydrogens (primary N) is 1. The highest BCUT2D eigenvalue weighted by molar-refractivity contribution is 6.01. The number of nitrogens with zero attached hydrogens (tertiary/aromatic N) is 1. The van der Waals surface area contributed by atoms with Crippen molar-refractivity contribution in [3.05, 3.63) is 36.5 Å². The lowest BCUT2D eigenvalue weighted by Gasteiger charge is -2.17. The molecule has 1 aliphatic rings. The zero-order chi connectivity index (χ0) is 16.9. The van der Waals surface area contributed by atoms with Crippen LogP contribution in [0.25, 0.3) is 10.9 Å². The summed E-state index contributed by atoms with van der Waals surface area (Å²) in [7, 11) is 0. The lowest BCUT2D eigenvalue weighted by Crippen LogP contribution is -2.39. The first-order valence-electron chi connectivity index (χ1n) is 8.30. The van der Waals surface area contributed by atoms with Crippen molar-refractivity contribution >= 4 is 53.2 Å². The molecule has 4 N–H and O–H groups in total. The third kappa shape index (κ3) is 5.06. The van der Waals surface area contributed by atoms with Gasteiger partial charge in [-0.25, -0.2) is 0 Å². The molecule has 1 heterocycles. The lowest BCUT2D eigenvalue weighted by molar-refractivity contribution is -0.128. The molecule has 0 spiro atoms. The standard InChI is InChI=1S/C18H22N4O2.2ClH/c19-10-13-5-1-7-14(13)18(24)21-11-16(23)22-15-8-2-4-12-6-3-9-20-17(12)15;;/h2-4,6,8-9,13-14H,1,5,7,10-11,19H2,(H,21,24)(H,22,23);2*1H/t13-,14-;;/m1../s1. The number of benzene rings is 1. The molecule has 0 unspecified atom stereocenters. The van der Waals surface area contributed by atoms with Gasteiger partial charge in [0.15, 0.2) is 0 Å². The summed E-state index contributed by atoms with van der Waals surface area (Å²) in [5, 5.41) is 6.50. The Hall–Kier alpha value is -1.89. The molecule has 2 aromatic rings. The maximum Gasteiger partial charge on any atom is 0.243 e. The van der Waals surface area contributed by atoms with E-state index in [-0.39, 0.29) is 55.0 Å². The molecule has 8 heteroatoms. The van der Waals surface area contributed by atoms with Gasteiger partial charge in [0.05, 0.1) is 17.7 Å². The molecule has 0 bridgehead atoms. The van der Waals surface area contributed by atoms with Crippen LogP contribution in [0.3, 0.4) is 0 Å². The number of carbonyl (C=O) groups excluding carboxylic acids is 2. The molecule has 3 rings (SSSR count). The van der Waals surface area contributed by atoms with Crippen molar-refractivity contribution in [1.82, 2.24) is 10.3 Å². The number of pyridine rings is 1. The van der Waals surface area contributed by atoms with Crippen LogP contribution >= 0.6 is 24.8 Å². The lowest BCUT2D eigenvalue weighted by atomic mass is 9.95. The number of hydrogen-bond donors (Lipinski definition) is 3. The predicted octanol–water partition coefficient (Wildman–Crippen LogP) is 2.51. The van der Waals surface area contributed by atoms with Gasteiger partial charge in [0, 0.05) is 17.5 Å². The highest BCUT2D eigenvalue weighted by atomic mass is 35.5. The summed E-state index contributed by atoms with van der Waals surface area (Å²) in [6.07, 6.45) is 4.55. The molecular formula is C18H24Cl2N4O2. The Morgan fingerprint density at radius 2 is 1.92 bits per heavy atom. The number of anilines is 1. The summed E-state index contributed by atoms with van der Waals surface area (Å²) in [6, 6.07) is 9.39. The van der Waals surface area contributed by atoms with Crippen molar-refractivity contribution in [2.75, 3.05) is 18.4 Å². The highest BCUT2D eigenvalue weighted by Gasteiger charge is 2.31. The molecule has 142 valence electrons. The second-order valence-electron chi connectivity index (χ2n) is 6.18. The second-order valence-corrected chi connectivity index (χ2v) is 6.18. The van der Waals surface area contributed by atoms with E-state index in [1.165, 1.54) is 0 Å². The first-order chi connectivity index (χ1) is 11.7. The van der Waals surface area contributed by atoms with E-state index in [9.17, 15) is 9.59 Å². The SMILES string of the molecule is Cl.Cl.NC[C@H]1CCC[C@H]1C(=O)NCC(=O)Nc1cccc2cccnc12. The van der Waals surface area contributed by atoms with Gasteiger partial charge in [0.2, 0.25) is 11.8 Å². The van der Waals surface area contributed by atoms with E-state index in [0.29, 0.717) is 12.2 Å². The van der Waals surface area contributed by atoms with Crippen LogP contribution in [0.2, 0.25) is 0 Å². The number of halogens is 2. The van der Waals surface area contributed by atoms with Crippen molar-refractivity contribution in [3.63, 3.8) is 0 Å². The van der Waals surface area contributed by atoms with Gasteiger partial charge in [-0.05, 0) is 37.4 Å². The summed E-state index contributed by atoms with van der Waals surface area (Å²) in [6.45, 7) is 0.474. The van der Waals surface area contributed by atoms with Gasteiger partial charge in [-0.2, -0.15) is 0 Å². The number of nitrogens with one attached hydrogen (secondary N) is 2. The van der Waals surface area contributed by atoms with Crippen LogP contribution in [0.4, 0.5) is 5.69 Å². The number of rotatable bonds is 5. The molecule has 6 nitrogen and oxygen atoms in total.